The van der Waals surface area contributed by atoms with Crippen molar-refractivity contribution in [1.29, 1.82) is 0 Å². The summed E-state index contributed by atoms with van der Waals surface area (Å²) in [5.41, 5.74) is -1.27. The van der Waals surface area contributed by atoms with Gasteiger partial charge in [-0.3, -0.25) is 9.59 Å². The summed E-state index contributed by atoms with van der Waals surface area (Å²) in [5, 5.41) is 6.87. The lowest BCUT2D eigenvalue weighted by molar-refractivity contribution is -0.137. The minimum Gasteiger partial charge on any atom is -0.348 e. The molecule has 28 heavy (non-hydrogen) atoms. The number of amides is 1. The Labute approximate surface area is 160 Å². The Hall–Kier alpha value is -2.68. The molecule has 0 radical (unpaired) electrons. The molecule has 0 atom stereocenters. The number of piperidine rings is 1. The van der Waals surface area contributed by atoms with Gasteiger partial charge < -0.3 is 10.2 Å². The Bertz CT molecular complexity index is 932. The second kappa shape index (κ2) is 7.75. The molecule has 0 saturated carbocycles. The maximum Gasteiger partial charge on any atom is 0.416 e. The predicted molar refractivity (Wildman–Crippen MR) is 97.6 cm³/mol. The van der Waals surface area contributed by atoms with Crippen LogP contribution in [0.2, 0.25) is 0 Å². The molecule has 0 unspecified atom stereocenters. The van der Waals surface area contributed by atoms with E-state index >= 15 is 0 Å². The van der Waals surface area contributed by atoms with Gasteiger partial charge in [-0.25, -0.2) is 4.68 Å². The summed E-state index contributed by atoms with van der Waals surface area (Å²) in [5.74, 6) is -0.611. The zero-order valence-electron chi connectivity index (χ0n) is 15.6. The predicted octanol–water partition coefficient (Wildman–Crippen LogP) is 2.38. The summed E-state index contributed by atoms with van der Waals surface area (Å²) >= 11 is 0. The van der Waals surface area contributed by atoms with Crippen molar-refractivity contribution in [3.63, 3.8) is 0 Å². The first-order valence-corrected chi connectivity index (χ1v) is 8.93. The van der Waals surface area contributed by atoms with Crippen molar-refractivity contribution in [3.8, 4) is 5.69 Å². The van der Waals surface area contributed by atoms with Gasteiger partial charge in [-0.15, -0.1) is 0 Å². The van der Waals surface area contributed by atoms with Gasteiger partial charge in [0.15, 0.2) is 5.69 Å². The molecule has 150 valence electrons. The summed E-state index contributed by atoms with van der Waals surface area (Å²) in [7, 11) is 1.99. The van der Waals surface area contributed by atoms with E-state index < -0.39 is 23.1 Å². The minimum absolute atomic E-state index is 0.0618. The summed E-state index contributed by atoms with van der Waals surface area (Å²) in [6.07, 6.45) is -2.98. The summed E-state index contributed by atoms with van der Waals surface area (Å²) in [4.78, 5) is 27.0. The Kier molecular flexibility index (Phi) is 5.55. The summed E-state index contributed by atoms with van der Waals surface area (Å²) < 4.78 is 40.2. The number of aromatic nitrogens is 2. The van der Waals surface area contributed by atoms with Crippen LogP contribution in [-0.4, -0.2) is 46.8 Å². The smallest absolute Gasteiger partial charge is 0.348 e. The average Bonchev–Trinajstić information content (AvgIpc) is 2.63. The largest absolute Gasteiger partial charge is 0.416 e. The van der Waals surface area contributed by atoms with Crippen molar-refractivity contribution in [3.05, 3.63) is 57.5 Å². The van der Waals surface area contributed by atoms with Gasteiger partial charge in [0.1, 0.15) is 0 Å². The Morgan fingerprint density at radius 3 is 2.54 bits per heavy atom. The first kappa shape index (κ1) is 20.1. The Morgan fingerprint density at radius 1 is 1.21 bits per heavy atom. The number of carbonyl (C=O) groups is 1. The van der Waals surface area contributed by atoms with Crippen molar-refractivity contribution in [2.75, 3.05) is 20.1 Å². The number of nitrogens with zero attached hydrogens (tertiary/aromatic N) is 3. The number of rotatable bonds is 3. The van der Waals surface area contributed by atoms with E-state index in [9.17, 15) is 22.8 Å². The fourth-order valence-corrected chi connectivity index (χ4v) is 3.19. The minimum atomic E-state index is -4.50. The lowest BCUT2D eigenvalue weighted by Crippen LogP contribution is -2.44. The third-order valence-corrected chi connectivity index (χ3v) is 4.79. The highest BCUT2D eigenvalue weighted by atomic mass is 19.4. The van der Waals surface area contributed by atoms with Crippen LogP contribution in [-0.2, 0) is 6.18 Å². The molecular weight excluding hydrogens is 373 g/mol. The molecule has 1 aliphatic heterocycles. The van der Waals surface area contributed by atoms with Gasteiger partial charge in [0.25, 0.3) is 5.91 Å². The van der Waals surface area contributed by atoms with Crippen molar-refractivity contribution in [1.82, 2.24) is 20.0 Å². The Balaban J connectivity index is 1.91. The summed E-state index contributed by atoms with van der Waals surface area (Å²) in [6, 6.07) is 5.73. The quantitative estimate of drug-likeness (QED) is 0.868. The fraction of sp³-hybridized carbons (Fsp3) is 0.421. The van der Waals surface area contributed by atoms with Gasteiger partial charge in [0.05, 0.1) is 11.3 Å². The number of hydrogen-bond acceptors (Lipinski definition) is 4. The van der Waals surface area contributed by atoms with Crippen molar-refractivity contribution < 1.29 is 18.0 Å². The van der Waals surface area contributed by atoms with Gasteiger partial charge in [-0.2, -0.15) is 18.3 Å². The number of likely N-dealkylation sites (tertiary alicyclic amines) is 1. The molecule has 1 amide bonds. The maximum atomic E-state index is 13.0. The second-order valence-corrected chi connectivity index (χ2v) is 7.01. The van der Waals surface area contributed by atoms with E-state index in [-0.39, 0.29) is 17.4 Å². The van der Waals surface area contributed by atoms with Crippen LogP contribution < -0.4 is 10.7 Å². The highest BCUT2D eigenvalue weighted by Crippen LogP contribution is 2.30. The van der Waals surface area contributed by atoms with Crippen LogP contribution in [0.5, 0.6) is 0 Å². The van der Waals surface area contributed by atoms with Crippen molar-refractivity contribution >= 4 is 5.91 Å². The first-order valence-electron chi connectivity index (χ1n) is 8.93. The van der Waals surface area contributed by atoms with Crippen LogP contribution in [0.3, 0.4) is 0 Å². The third kappa shape index (κ3) is 4.41. The molecule has 2 heterocycles. The van der Waals surface area contributed by atoms with Crippen LogP contribution in [0.25, 0.3) is 5.69 Å². The monoisotopic (exact) mass is 394 g/mol. The normalized spacial score (nSPS) is 16.2. The summed E-state index contributed by atoms with van der Waals surface area (Å²) in [6.45, 7) is 3.22. The zero-order chi connectivity index (χ0) is 20.5. The molecule has 1 saturated heterocycles. The van der Waals surface area contributed by atoms with Crippen LogP contribution >= 0.6 is 0 Å². The van der Waals surface area contributed by atoms with Crippen LogP contribution in [0.4, 0.5) is 13.2 Å². The highest BCUT2D eigenvalue weighted by molar-refractivity contribution is 5.92. The molecule has 9 heteroatoms. The van der Waals surface area contributed by atoms with E-state index in [2.05, 4.69) is 15.3 Å². The molecule has 1 N–H and O–H groups in total. The fourth-order valence-electron chi connectivity index (χ4n) is 3.19. The van der Waals surface area contributed by atoms with Gasteiger partial charge in [0, 0.05) is 17.8 Å². The number of hydrogen-bond donors (Lipinski definition) is 1. The van der Waals surface area contributed by atoms with E-state index in [0.29, 0.717) is 5.69 Å². The number of halogens is 3. The van der Waals surface area contributed by atoms with Crippen LogP contribution in [0, 0.1) is 6.92 Å². The third-order valence-electron chi connectivity index (χ3n) is 4.79. The van der Waals surface area contributed by atoms with Gasteiger partial charge >= 0.3 is 6.18 Å². The topological polar surface area (TPSA) is 67.2 Å². The molecule has 0 bridgehead atoms. The molecule has 0 spiro atoms. The standard InChI is InChI=1S/C19H21F3N4O2/c1-12-10-16(27)17(18(28)23-14-6-8-25(2)9-7-14)24-26(12)15-5-3-4-13(11-15)19(20,21)22/h3-5,10-11,14H,6-9H2,1-2H3,(H,23,28). The van der Waals surface area contributed by atoms with Crippen molar-refractivity contribution in [2.24, 2.45) is 0 Å². The number of nitrogens with one attached hydrogen (secondary N) is 1. The molecule has 1 aromatic carbocycles. The molecule has 2 aromatic rings. The van der Waals surface area contributed by atoms with E-state index in [4.69, 9.17) is 0 Å². The van der Waals surface area contributed by atoms with E-state index in [0.717, 1.165) is 38.1 Å². The van der Waals surface area contributed by atoms with Crippen molar-refractivity contribution in [2.45, 2.75) is 32.0 Å². The number of alkyl halides is 3. The molecule has 0 aliphatic carbocycles. The molecule has 1 aliphatic rings. The first-order chi connectivity index (χ1) is 13.1. The van der Waals surface area contributed by atoms with Gasteiger partial charge in [0.2, 0.25) is 5.43 Å². The maximum absolute atomic E-state index is 13.0. The number of aryl methyl sites for hydroxylation is 1. The Morgan fingerprint density at radius 2 is 1.89 bits per heavy atom. The van der Waals surface area contributed by atoms with Gasteiger partial charge in [-0.1, -0.05) is 6.07 Å². The van der Waals surface area contributed by atoms with E-state index in [1.807, 2.05) is 7.05 Å². The van der Waals surface area contributed by atoms with E-state index in [1.54, 1.807) is 6.92 Å². The van der Waals surface area contributed by atoms with Gasteiger partial charge in [-0.05, 0) is 58.1 Å². The molecular formula is C19H21F3N4O2. The molecule has 6 nitrogen and oxygen atoms in total. The zero-order valence-corrected chi connectivity index (χ0v) is 15.6. The highest BCUT2D eigenvalue weighted by Gasteiger charge is 2.30. The molecule has 1 aromatic heterocycles. The SMILES string of the molecule is Cc1cc(=O)c(C(=O)NC2CCN(C)CC2)nn1-c1cccc(C(F)(F)F)c1. The lowest BCUT2D eigenvalue weighted by Gasteiger charge is -2.29. The van der Waals surface area contributed by atoms with Crippen LogP contribution in [0.15, 0.2) is 35.1 Å². The molecule has 3 rings (SSSR count). The molecule has 1 fully saturated rings. The number of carbonyl (C=O) groups excluding carboxylic acids is 1. The lowest BCUT2D eigenvalue weighted by atomic mass is 10.1. The van der Waals surface area contributed by atoms with Crippen LogP contribution in [0.1, 0.15) is 34.6 Å². The number of benzene rings is 1. The average molecular weight is 394 g/mol. The van der Waals surface area contributed by atoms with E-state index in [1.165, 1.54) is 22.9 Å². The second-order valence-electron chi connectivity index (χ2n) is 7.01.